The van der Waals surface area contributed by atoms with Gasteiger partial charge >= 0.3 is 0 Å². The predicted octanol–water partition coefficient (Wildman–Crippen LogP) is 4.57. The summed E-state index contributed by atoms with van der Waals surface area (Å²) in [6, 6.07) is 15.5. The fourth-order valence-electron chi connectivity index (χ4n) is 2.47. The highest BCUT2D eigenvalue weighted by Crippen LogP contribution is 2.27. The van der Waals surface area contributed by atoms with Crippen LogP contribution in [0, 0.1) is 6.92 Å². The Balaban J connectivity index is 1.50. The summed E-state index contributed by atoms with van der Waals surface area (Å²) in [5.74, 6) is 1.80. The Morgan fingerprint density at radius 1 is 1.15 bits per heavy atom. The average Bonchev–Trinajstić information content (AvgIpc) is 3.29. The van der Waals surface area contributed by atoms with Gasteiger partial charge in [-0.25, -0.2) is 4.98 Å². The number of rotatable bonds is 5. The smallest absolute Gasteiger partial charge is 0.214 e. The lowest BCUT2D eigenvalue weighted by Crippen LogP contribution is -1.99. The van der Waals surface area contributed by atoms with Gasteiger partial charge in [0.05, 0.1) is 17.6 Å². The minimum absolute atomic E-state index is 0.521. The van der Waals surface area contributed by atoms with E-state index in [2.05, 4.69) is 20.5 Å². The van der Waals surface area contributed by atoms with Crippen LogP contribution in [-0.2, 0) is 5.75 Å². The molecule has 0 amide bonds. The number of nitrogens with zero attached hydrogens (tertiary/aromatic N) is 5. The molecule has 0 saturated carbocycles. The summed E-state index contributed by atoms with van der Waals surface area (Å²) in [6.45, 7) is 2.03. The fourth-order valence-corrected chi connectivity index (χ4v) is 3.40. The van der Waals surface area contributed by atoms with E-state index in [9.17, 15) is 0 Å². The van der Waals surface area contributed by atoms with Crippen LogP contribution in [0.4, 0.5) is 0 Å². The highest BCUT2D eigenvalue weighted by molar-refractivity contribution is 7.98. The third-order valence-corrected chi connectivity index (χ3v) is 4.81. The van der Waals surface area contributed by atoms with Gasteiger partial charge in [0, 0.05) is 10.6 Å². The fraction of sp³-hybridized carbons (Fsp3) is 0.111. The molecular formula is C18H14ClN5OS. The number of tetrazole rings is 1. The summed E-state index contributed by atoms with van der Waals surface area (Å²) in [5, 5.41) is 13.3. The van der Waals surface area contributed by atoms with Crippen molar-refractivity contribution in [1.29, 1.82) is 0 Å². The Kier molecular flexibility index (Phi) is 4.73. The second kappa shape index (κ2) is 7.31. The van der Waals surface area contributed by atoms with Gasteiger partial charge in [-0.2, -0.15) is 4.68 Å². The maximum atomic E-state index is 6.03. The van der Waals surface area contributed by atoms with Crippen LogP contribution in [0.5, 0.6) is 0 Å². The summed E-state index contributed by atoms with van der Waals surface area (Å²) in [7, 11) is 0. The molecule has 8 heteroatoms. The van der Waals surface area contributed by atoms with E-state index in [1.807, 2.05) is 55.5 Å². The first-order chi connectivity index (χ1) is 12.7. The molecule has 0 unspecified atom stereocenters. The molecule has 26 heavy (non-hydrogen) atoms. The molecule has 130 valence electrons. The molecule has 4 rings (SSSR count). The third-order valence-electron chi connectivity index (χ3n) is 3.67. The molecule has 6 nitrogen and oxygen atoms in total. The van der Waals surface area contributed by atoms with E-state index in [4.69, 9.17) is 16.0 Å². The summed E-state index contributed by atoms with van der Waals surface area (Å²) in [6.07, 6.45) is 1.70. The summed E-state index contributed by atoms with van der Waals surface area (Å²) in [5.41, 5.74) is 2.96. The number of hydrogen-bond acceptors (Lipinski definition) is 6. The molecule has 2 aromatic carbocycles. The Labute approximate surface area is 159 Å². The largest absolute Gasteiger partial charge is 0.440 e. The Bertz CT molecular complexity index is 1050. The zero-order valence-electron chi connectivity index (χ0n) is 13.8. The number of hydrogen-bond donors (Lipinski definition) is 0. The van der Waals surface area contributed by atoms with Crippen LogP contribution in [0.2, 0.25) is 5.02 Å². The highest BCUT2D eigenvalue weighted by Gasteiger charge is 2.12. The van der Waals surface area contributed by atoms with Crippen molar-refractivity contribution in [1.82, 2.24) is 25.2 Å². The SMILES string of the molecule is Cc1cccc(-n2nnnc2SCc2ncc(-c3cccc(Cl)c3)o2)c1. The van der Waals surface area contributed by atoms with Gasteiger partial charge in [0.1, 0.15) is 0 Å². The quantitative estimate of drug-likeness (QED) is 0.470. The van der Waals surface area contributed by atoms with Crippen LogP contribution < -0.4 is 0 Å². The van der Waals surface area contributed by atoms with Crippen LogP contribution in [0.3, 0.4) is 0 Å². The standard InChI is InChI=1S/C18H14ClN5OS/c1-12-4-2-7-15(8-12)24-18(21-22-23-24)26-11-17-20-10-16(25-17)13-5-3-6-14(19)9-13/h2-10H,11H2,1H3. The summed E-state index contributed by atoms with van der Waals surface area (Å²) in [4.78, 5) is 4.33. The number of thioether (sulfide) groups is 1. The molecule has 0 aliphatic carbocycles. The van der Waals surface area contributed by atoms with Crippen molar-refractivity contribution in [2.75, 3.05) is 0 Å². The minimum atomic E-state index is 0.521. The average molecular weight is 384 g/mol. The minimum Gasteiger partial charge on any atom is -0.440 e. The van der Waals surface area contributed by atoms with E-state index in [1.54, 1.807) is 10.9 Å². The van der Waals surface area contributed by atoms with Gasteiger partial charge in [-0.05, 0) is 47.2 Å². The molecule has 2 aromatic heterocycles. The maximum absolute atomic E-state index is 6.03. The zero-order valence-corrected chi connectivity index (χ0v) is 15.4. The van der Waals surface area contributed by atoms with Gasteiger partial charge in [-0.15, -0.1) is 5.10 Å². The first kappa shape index (κ1) is 16.8. The molecule has 0 fully saturated rings. The van der Waals surface area contributed by atoms with E-state index in [0.717, 1.165) is 16.8 Å². The number of oxazole rings is 1. The molecule has 0 aliphatic heterocycles. The van der Waals surface area contributed by atoms with E-state index in [-0.39, 0.29) is 0 Å². The lowest BCUT2D eigenvalue weighted by Gasteiger charge is -2.04. The number of benzene rings is 2. The second-order valence-electron chi connectivity index (χ2n) is 5.63. The van der Waals surface area contributed by atoms with Gasteiger partial charge in [0.2, 0.25) is 11.0 Å². The van der Waals surface area contributed by atoms with Crippen molar-refractivity contribution in [2.45, 2.75) is 17.8 Å². The monoisotopic (exact) mass is 383 g/mol. The maximum Gasteiger partial charge on any atom is 0.214 e. The number of aryl methyl sites for hydroxylation is 1. The molecule has 0 bridgehead atoms. The highest BCUT2D eigenvalue weighted by atomic mass is 35.5. The molecule has 0 saturated heterocycles. The Morgan fingerprint density at radius 3 is 2.88 bits per heavy atom. The topological polar surface area (TPSA) is 69.6 Å². The van der Waals surface area contributed by atoms with Gasteiger partial charge in [-0.1, -0.05) is 47.6 Å². The number of aromatic nitrogens is 5. The molecule has 0 spiro atoms. The first-order valence-electron chi connectivity index (χ1n) is 7.88. The van der Waals surface area contributed by atoms with E-state index < -0.39 is 0 Å². The van der Waals surface area contributed by atoms with Crippen LogP contribution >= 0.6 is 23.4 Å². The van der Waals surface area contributed by atoms with Crippen LogP contribution in [0.25, 0.3) is 17.0 Å². The van der Waals surface area contributed by atoms with Crippen molar-refractivity contribution in [3.8, 4) is 17.0 Å². The van der Waals surface area contributed by atoms with Crippen LogP contribution in [0.1, 0.15) is 11.5 Å². The summed E-state index contributed by atoms with van der Waals surface area (Å²) >= 11 is 7.49. The Hall–Kier alpha value is -2.64. The van der Waals surface area contributed by atoms with E-state index >= 15 is 0 Å². The van der Waals surface area contributed by atoms with Gasteiger partial charge in [0.15, 0.2) is 5.76 Å². The molecule has 2 heterocycles. The normalized spacial score (nSPS) is 11.0. The van der Waals surface area contributed by atoms with Gasteiger partial charge < -0.3 is 4.42 Å². The lowest BCUT2D eigenvalue weighted by molar-refractivity contribution is 0.529. The molecule has 4 aromatic rings. The molecular weight excluding hydrogens is 370 g/mol. The Morgan fingerprint density at radius 2 is 2.04 bits per heavy atom. The van der Waals surface area contributed by atoms with Gasteiger partial charge in [-0.3, -0.25) is 0 Å². The van der Waals surface area contributed by atoms with Gasteiger partial charge in [0.25, 0.3) is 0 Å². The second-order valence-corrected chi connectivity index (χ2v) is 7.01. The van der Waals surface area contributed by atoms with Crippen molar-refractivity contribution >= 4 is 23.4 Å². The zero-order chi connectivity index (χ0) is 17.9. The van der Waals surface area contributed by atoms with Crippen LogP contribution in [-0.4, -0.2) is 25.2 Å². The number of halogens is 1. The predicted molar refractivity (Wildman–Crippen MR) is 100 cm³/mol. The molecule has 0 aliphatic rings. The van der Waals surface area contributed by atoms with Crippen molar-refractivity contribution < 1.29 is 4.42 Å². The molecule has 0 N–H and O–H groups in total. The van der Waals surface area contributed by atoms with Crippen molar-refractivity contribution in [3.05, 3.63) is 71.2 Å². The van der Waals surface area contributed by atoms with Crippen molar-refractivity contribution in [3.63, 3.8) is 0 Å². The lowest BCUT2D eigenvalue weighted by atomic mass is 10.2. The van der Waals surface area contributed by atoms with Crippen LogP contribution in [0.15, 0.2) is 64.3 Å². The van der Waals surface area contributed by atoms with Crippen molar-refractivity contribution in [2.24, 2.45) is 0 Å². The first-order valence-corrected chi connectivity index (χ1v) is 9.24. The molecule has 0 atom stereocenters. The summed E-state index contributed by atoms with van der Waals surface area (Å²) < 4.78 is 7.53. The third kappa shape index (κ3) is 3.63. The van der Waals surface area contributed by atoms with E-state index in [1.165, 1.54) is 11.8 Å². The molecule has 0 radical (unpaired) electrons. The van der Waals surface area contributed by atoms with E-state index in [0.29, 0.717) is 27.6 Å².